The molecule has 0 saturated heterocycles. The third-order valence-corrected chi connectivity index (χ3v) is 5.36. The molecular weight excluding hydrogens is 447 g/mol. The van der Waals surface area contributed by atoms with Gasteiger partial charge in [-0.25, -0.2) is 9.07 Å². The highest BCUT2D eigenvalue weighted by Crippen LogP contribution is 2.24. The van der Waals surface area contributed by atoms with Crippen LogP contribution in [0.25, 0.3) is 5.69 Å². The Morgan fingerprint density at radius 1 is 1.15 bits per heavy atom. The van der Waals surface area contributed by atoms with Crippen molar-refractivity contribution in [3.05, 3.63) is 67.3 Å². The summed E-state index contributed by atoms with van der Waals surface area (Å²) in [5, 5.41) is 4.26. The second-order valence-electron chi connectivity index (χ2n) is 5.15. The summed E-state index contributed by atoms with van der Waals surface area (Å²) in [6.07, 6.45) is 0. The van der Waals surface area contributed by atoms with E-state index in [0.717, 1.165) is 3.79 Å². The first-order valence-corrected chi connectivity index (χ1v) is 9.22. The van der Waals surface area contributed by atoms with Crippen LogP contribution in [0.15, 0.2) is 40.2 Å². The number of aromatic nitrogens is 2. The number of benzene rings is 1. The highest BCUT2D eigenvalue weighted by Gasteiger charge is 2.22. The molecule has 2 aromatic heterocycles. The smallest absolute Gasteiger partial charge is 0.267 e. The van der Waals surface area contributed by atoms with Crippen molar-refractivity contribution in [2.45, 2.75) is 6.92 Å². The summed E-state index contributed by atoms with van der Waals surface area (Å²) in [6, 6.07) is 8.87. The molecule has 6 nitrogen and oxygen atoms in total. The van der Waals surface area contributed by atoms with Gasteiger partial charge < -0.3 is 0 Å². The fourth-order valence-electron chi connectivity index (χ4n) is 2.18. The molecule has 26 heavy (non-hydrogen) atoms. The molecule has 0 aliphatic rings. The van der Waals surface area contributed by atoms with Gasteiger partial charge >= 0.3 is 0 Å². The first kappa shape index (κ1) is 18.6. The number of carbonyl (C=O) groups excluding carboxylic acids is 2. The maximum absolute atomic E-state index is 13.1. The summed E-state index contributed by atoms with van der Waals surface area (Å²) >= 11 is 10.8. The van der Waals surface area contributed by atoms with E-state index < -0.39 is 17.6 Å². The molecule has 0 aliphatic carbocycles. The van der Waals surface area contributed by atoms with Crippen LogP contribution in [0.5, 0.6) is 0 Å². The number of rotatable bonds is 3. The van der Waals surface area contributed by atoms with Crippen LogP contribution in [-0.4, -0.2) is 21.6 Å². The van der Waals surface area contributed by atoms with Crippen LogP contribution in [0, 0.1) is 12.7 Å². The second-order valence-corrected chi connectivity index (χ2v) is 7.97. The Balaban J connectivity index is 1.77. The Labute approximate surface area is 165 Å². The number of nitrogens with one attached hydrogen (secondary N) is 2. The number of carbonyl (C=O) groups is 2. The predicted octanol–water partition coefficient (Wildman–Crippen LogP) is 3.87. The van der Waals surface area contributed by atoms with Gasteiger partial charge in [0.25, 0.3) is 11.8 Å². The quantitative estimate of drug-likeness (QED) is 0.586. The minimum atomic E-state index is -0.607. The molecule has 1 aromatic carbocycles. The zero-order chi connectivity index (χ0) is 18.8. The molecule has 0 bridgehead atoms. The lowest BCUT2D eigenvalue weighted by Gasteiger charge is -2.06. The molecule has 2 amide bonds. The summed E-state index contributed by atoms with van der Waals surface area (Å²) in [4.78, 5) is 24.8. The van der Waals surface area contributed by atoms with Crippen molar-refractivity contribution in [3.63, 3.8) is 0 Å². The summed E-state index contributed by atoms with van der Waals surface area (Å²) in [6.45, 7) is 1.61. The molecule has 0 spiro atoms. The first-order chi connectivity index (χ1) is 12.4. The number of hydrogen-bond donors (Lipinski definition) is 2. The summed E-state index contributed by atoms with van der Waals surface area (Å²) < 4.78 is 15.2. The van der Waals surface area contributed by atoms with Crippen molar-refractivity contribution >= 4 is 50.7 Å². The number of hydrazine groups is 1. The normalized spacial score (nSPS) is 10.6. The average Bonchev–Trinajstić information content (AvgIpc) is 3.16. The Kier molecular flexibility index (Phi) is 5.40. The van der Waals surface area contributed by atoms with Crippen LogP contribution in [0.2, 0.25) is 5.15 Å². The molecule has 134 valence electrons. The lowest BCUT2D eigenvalue weighted by molar-refractivity contribution is 0.0848. The zero-order valence-corrected chi connectivity index (χ0v) is 16.4. The molecule has 2 N–H and O–H groups in total. The van der Waals surface area contributed by atoms with Gasteiger partial charge in [0.1, 0.15) is 16.5 Å². The molecule has 10 heteroatoms. The van der Waals surface area contributed by atoms with Gasteiger partial charge in [0, 0.05) is 0 Å². The van der Waals surface area contributed by atoms with Crippen molar-refractivity contribution in [1.29, 1.82) is 0 Å². The van der Waals surface area contributed by atoms with Gasteiger partial charge in [-0.1, -0.05) is 11.6 Å². The van der Waals surface area contributed by atoms with E-state index in [9.17, 15) is 14.0 Å². The number of nitrogens with zero attached hydrogens (tertiary/aromatic N) is 2. The Morgan fingerprint density at radius 3 is 2.42 bits per heavy atom. The molecule has 0 aliphatic heterocycles. The monoisotopic (exact) mass is 456 g/mol. The van der Waals surface area contributed by atoms with E-state index >= 15 is 0 Å². The summed E-state index contributed by atoms with van der Waals surface area (Å²) in [5.74, 6) is -1.45. The molecule has 3 aromatic rings. The third kappa shape index (κ3) is 3.79. The number of amides is 2. The number of thiophene rings is 1. The number of halogens is 3. The predicted molar refractivity (Wildman–Crippen MR) is 100 cm³/mol. The largest absolute Gasteiger partial charge is 0.279 e. The maximum Gasteiger partial charge on any atom is 0.279 e. The second kappa shape index (κ2) is 7.56. The van der Waals surface area contributed by atoms with Gasteiger partial charge in [0.15, 0.2) is 0 Å². The minimum Gasteiger partial charge on any atom is -0.267 e. The third-order valence-electron chi connectivity index (χ3n) is 3.39. The summed E-state index contributed by atoms with van der Waals surface area (Å²) in [5.41, 5.74) is 5.63. The molecular formula is C16H11BrClFN4O2S. The van der Waals surface area contributed by atoms with Gasteiger partial charge in [0.2, 0.25) is 0 Å². The Morgan fingerprint density at radius 2 is 1.81 bits per heavy atom. The van der Waals surface area contributed by atoms with Crippen molar-refractivity contribution < 1.29 is 14.0 Å². The van der Waals surface area contributed by atoms with Crippen molar-refractivity contribution in [1.82, 2.24) is 20.6 Å². The van der Waals surface area contributed by atoms with Crippen molar-refractivity contribution in [3.8, 4) is 5.69 Å². The molecule has 0 saturated carbocycles. The van der Waals surface area contributed by atoms with Crippen LogP contribution in [-0.2, 0) is 0 Å². The number of aryl methyl sites for hydroxylation is 1. The van der Waals surface area contributed by atoms with E-state index in [2.05, 4.69) is 31.9 Å². The standard InChI is InChI=1S/C16H11BrClFN4O2S/c1-8-13(14(18)23(22-8)10-4-2-9(19)3-5-10)16(25)21-20-15(24)11-6-7-12(17)26-11/h2-7H,1H3,(H,20,24)(H,21,25). The van der Waals surface area contributed by atoms with Crippen LogP contribution in [0.1, 0.15) is 25.7 Å². The first-order valence-electron chi connectivity index (χ1n) is 7.24. The van der Waals surface area contributed by atoms with Crippen LogP contribution in [0.3, 0.4) is 0 Å². The molecule has 0 atom stereocenters. The fraction of sp³-hybridized carbons (Fsp3) is 0.0625. The van der Waals surface area contributed by atoms with Gasteiger partial charge in [-0.3, -0.25) is 20.4 Å². The molecule has 0 fully saturated rings. The van der Waals surface area contributed by atoms with E-state index in [-0.39, 0.29) is 10.7 Å². The van der Waals surface area contributed by atoms with E-state index in [1.54, 1.807) is 19.1 Å². The molecule has 0 radical (unpaired) electrons. The topological polar surface area (TPSA) is 76.0 Å². The summed E-state index contributed by atoms with van der Waals surface area (Å²) in [7, 11) is 0. The Hall–Kier alpha value is -2.23. The highest BCUT2D eigenvalue weighted by atomic mass is 79.9. The van der Waals surface area contributed by atoms with Crippen LogP contribution in [0.4, 0.5) is 4.39 Å². The van der Waals surface area contributed by atoms with Crippen LogP contribution >= 0.6 is 38.9 Å². The maximum atomic E-state index is 13.1. The average molecular weight is 458 g/mol. The molecule has 0 unspecified atom stereocenters. The molecule has 2 heterocycles. The van der Waals surface area contributed by atoms with Crippen molar-refractivity contribution in [2.75, 3.05) is 0 Å². The lowest BCUT2D eigenvalue weighted by Crippen LogP contribution is -2.41. The Bertz CT molecular complexity index is 987. The lowest BCUT2D eigenvalue weighted by atomic mass is 10.2. The van der Waals surface area contributed by atoms with Gasteiger partial charge in [0.05, 0.1) is 20.0 Å². The zero-order valence-electron chi connectivity index (χ0n) is 13.2. The van der Waals surface area contributed by atoms with Gasteiger partial charge in [-0.05, 0) is 59.3 Å². The van der Waals surface area contributed by atoms with Crippen molar-refractivity contribution in [2.24, 2.45) is 0 Å². The van der Waals surface area contributed by atoms with Crippen LogP contribution < -0.4 is 10.9 Å². The van der Waals surface area contributed by atoms with E-state index in [1.165, 1.54) is 40.3 Å². The molecule has 3 rings (SSSR count). The van der Waals surface area contributed by atoms with E-state index in [0.29, 0.717) is 16.3 Å². The minimum absolute atomic E-state index is 0.0553. The number of hydrogen-bond acceptors (Lipinski definition) is 4. The van der Waals surface area contributed by atoms with Gasteiger partial charge in [-0.15, -0.1) is 11.3 Å². The van der Waals surface area contributed by atoms with Gasteiger partial charge in [-0.2, -0.15) is 5.10 Å². The fourth-order valence-corrected chi connectivity index (χ4v) is 3.82. The SMILES string of the molecule is Cc1nn(-c2ccc(F)cc2)c(Cl)c1C(=O)NNC(=O)c1ccc(Br)s1. The highest BCUT2D eigenvalue weighted by molar-refractivity contribution is 9.11. The van der Waals surface area contributed by atoms with E-state index in [1.807, 2.05) is 0 Å². The van der Waals surface area contributed by atoms with E-state index in [4.69, 9.17) is 11.6 Å².